The van der Waals surface area contributed by atoms with Crippen molar-refractivity contribution in [3.05, 3.63) is 48.7 Å². The first-order valence-corrected chi connectivity index (χ1v) is 7.12. The minimum atomic E-state index is 0.785. The summed E-state index contributed by atoms with van der Waals surface area (Å²) in [5.74, 6) is 0.785. The van der Waals surface area contributed by atoms with E-state index in [2.05, 4.69) is 63.0 Å². The number of benzene rings is 1. The number of rotatable bonds is 7. The summed E-state index contributed by atoms with van der Waals surface area (Å²) >= 11 is 0. The predicted octanol–water partition coefficient (Wildman–Crippen LogP) is 4.79. The molecule has 0 aromatic heterocycles. The summed E-state index contributed by atoms with van der Waals surface area (Å²) in [4.78, 5) is 0. The van der Waals surface area contributed by atoms with Crippen molar-refractivity contribution in [2.45, 2.75) is 46.5 Å². The van der Waals surface area contributed by atoms with Crippen LogP contribution in [-0.2, 0) is 6.42 Å². The molecule has 0 radical (unpaired) electrons. The average Bonchev–Trinajstić information content (AvgIpc) is 2.39. The van der Waals surface area contributed by atoms with Crippen molar-refractivity contribution in [1.29, 1.82) is 0 Å². The molecule has 0 spiro atoms. The molecule has 0 amide bonds. The first-order chi connectivity index (χ1) is 8.74. The van der Waals surface area contributed by atoms with Crippen molar-refractivity contribution in [3.63, 3.8) is 0 Å². The van der Waals surface area contributed by atoms with E-state index < -0.39 is 0 Å². The van der Waals surface area contributed by atoms with E-state index in [1.54, 1.807) is 6.20 Å². The molecule has 0 heterocycles. The van der Waals surface area contributed by atoms with Crippen LogP contribution in [0.25, 0.3) is 0 Å². The lowest BCUT2D eigenvalue weighted by molar-refractivity contribution is 0.507. The quantitative estimate of drug-likeness (QED) is 0.730. The second-order valence-corrected chi connectivity index (χ2v) is 4.74. The summed E-state index contributed by atoms with van der Waals surface area (Å²) in [6, 6.07) is 10.6. The monoisotopic (exact) mass is 247 g/mol. The fourth-order valence-electron chi connectivity index (χ4n) is 1.81. The first kappa shape index (κ1) is 16.8. The number of nitrogens with one attached hydrogen (secondary N) is 1. The number of aryl methyl sites for hydroxylation is 1. The van der Waals surface area contributed by atoms with E-state index in [1.807, 2.05) is 0 Å². The Morgan fingerprint density at radius 2 is 1.83 bits per heavy atom. The largest absolute Gasteiger partial charge is 0.391 e. The van der Waals surface area contributed by atoms with Crippen LogP contribution in [0.4, 0.5) is 0 Å². The Kier molecular flexibility index (Phi) is 11.4. The smallest absolute Gasteiger partial charge is 0.0166 e. The molecular formula is C17H29N. The lowest BCUT2D eigenvalue weighted by Gasteiger charge is -2.08. The standard InChI is InChI=1S/C9H12.C8H17N/c1-2-6-9-7-4-3-5-8-9;1-4-6-8(3)7-9-5-2/h3-5,7-8H,2,6H2,1H3;5,8-9H,2,4,6-7H2,1,3H3. The molecule has 1 atom stereocenters. The van der Waals surface area contributed by atoms with Gasteiger partial charge in [0.2, 0.25) is 0 Å². The van der Waals surface area contributed by atoms with Crippen LogP contribution in [0, 0.1) is 5.92 Å². The van der Waals surface area contributed by atoms with Crippen LogP contribution in [0.3, 0.4) is 0 Å². The third kappa shape index (κ3) is 9.95. The summed E-state index contributed by atoms with van der Waals surface area (Å²) in [7, 11) is 0. The topological polar surface area (TPSA) is 12.0 Å². The van der Waals surface area contributed by atoms with E-state index >= 15 is 0 Å². The molecule has 1 N–H and O–H groups in total. The lowest BCUT2D eigenvalue weighted by Crippen LogP contribution is -2.14. The molecule has 1 aromatic rings. The van der Waals surface area contributed by atoms with E-state index in [4.69, 9.17) is 0 Å². The molecule has 1 nitrogen and oxygen atoms in total. The van der Waals surface area contributed by atoms with Crippen molar-refractivity contribution < 1.29 is 0 Å². The summed E-state index contributed by atoms with van der Waals surface area (Å²) in [6.45, 7) is 11.3. The van der Waals surface area contributed by atoms with E-state index in [0.717, 1.165) is 12.5 Å². The zero-order valence-corrected chi connectivity index (χ0v) is 12.3. The maximum atomic E-state index is 3.58. The van der Waals surface area contributed by atoms with Crippen LogP contribution < -0.4 is 5.32 Å². The maximum Gasteiger partial charge on any atom is 0.0166 e. The van der Waals surface area contributed by atoms with Gasteiger partial charge in [-0.25, -0.2) is 0 Å². The molecule has 1 aromatic carbocycles. The van der Waals surface area contributed by atoms with Gasteiger partial charge in [0.1, 0.15) is 0 Å². The maximum absolute atomic E-state index is 3.58. The van der Waals surface area contributed by atoms with E-state index in [-0.39, 0.29) is 0 Å². The average molecular weight is 247 g/mol. The molecule has 1 rings (SSSR count). The second kappa shape index (κ2) is 12.2. The van der Waals surface area contributed by atoms with Crippen molar-refractivity contribution in [2.24, 2.45) is 5.92 Å². The van der Waals surface area contributed by atoms with Gasteiger partial charge in [-0.15, -0.1) is 0 Å². The molecule has 0 aliphatic heterocycles. The molecule has 0 saturated heterocycles. The normalized spacial score (nSPS) is 11.1. The summed E-state index contributed by atoms with van der Waals surface area (Å²) in [6.07, 6.45) is 6.79. The third-order valence-electron chi connectivity index (χ3n) is 2.77. The van der Waals surface area contributed by atoms with Gasteiger partial charge in [0.25, 0.3) is 0 Å². The van der Waals surface area contributed by atoms with Gasteiger partial charge in [-0.2, -0.15) is 0 Å². The molecule has 0 aliphatic carbocycles. The van der Waals surface area contributed by atoms with Gasteiger partial charge in [-0.3, -0.25) is 0 Å². The zero-order valence-electron chi connectivity index (χ0n) is 12.3. The van der Waals surface area contributed by atoms with Crippen molar-refractivity contribution >= 4 is 0 Å². The molecule has 0 fully saturated rings. The lowest BCUT2D eigenvalue weighted by atomic mass is 10.1. The highest BCUT2D eigenvalue weighted by atomic mass is 14.8. The Balaban J connectivity index is 0.000000321. The molecule has 1 heteroatoms. The van der Waals surface area contributed by atoms with Crippen LogP contribution in [-0.4, -0.2) is 6.54 Å². The molecular weight excluding hydrogens is 218 g/mol. The molecule has 0 bridgehead atoms. The predicted molar refractivity (Wildman–Crippen MR) is 82.7 cm³/mol. The van der Waals surface area contributed by atoms with Gasteiger partial charge in [-0.1, -0.05) is 70.5 Å². The Hall–Kier alpha value is -1.24. The summed E-state index contributed by atoms with van der Waals surface area (Å²) in [5, 5.41) is 3.10. The van der Waals surface area contributed by atoms with Crippen LogP contribution in [0.15, 0.2) is 43.1 Å². The molecule has 102 valence electrons. The van der Waals surface area contributed by atoms with E-state index in [1.165, 1.54) is 31.2 Å². The van der Waals surface area contributed by atoms with Crippen LogP contribution in [0.2, 0.25) is 0 Å². The van der Waals surface area contributed by atoms with Crippen LogP contribution in [0.1, 0.15) is 45.6 Å². The van der Waals surface area contributed by atoms with Gasteiger partial charge in [0.15, 0.2) is 0 Å². The van der Waals surface area contributed by atoms with E-state index in [0.29, 0.717) is 0 Å². The van der Waals surface area contributed by atoms with Crippen LogP contribution >= 0.6 is 0 Å². The Bertz CT molecular complexity index is 279. The molecule has 1 unspecified atom stereocenters. The molecule has 0 saturated carbocycles. The van der Waals surface area contributed by atoms with Crippen molar-refractivity contribution in [1.82, 2.24) is 5.32 Å². The minimum absolute atomic E-state index is 0.785. The van der Waals surface area contributed by atoms with Crippen molar-refractivity contribution in [3.8, 4) is 0 Å². The molecule has 0 aliphatic rings. The Morgan fingerprint density at radius 3 is 2.33 bits per heavy atom. The Morgan fingerprint density at radius 1 is 1.17 bits per heavy atom. The van der Waals surface area contributed by atoms with Gasteiger partial charge >= 0.3 is 0 Å². The van der Waals surface area contributed by atoms with Gasteiger partial charge in [0, 0.05) is 6.54 Å². The minimum Gasteiger partial charge on any atom is -0.391 e. The highest BCUT2D eigenvalue weighted by Crippen LogP contribution is 2.02. The SMILES string of the molecule is C=CNCC(C)CCC.CCCc1ccccc1. The van der Waals surface area contributed by atoms with Gasteiger partial charge in [-0.05, 0) is 30.5 Å². The summed E-state index contributed by atoms with van der Waals surface area (Å²) in [5.41, 5.74) is 1.44. The summed E-state index contributed by atoms with van der Waals surface area (Å²) < 4.78 is 0. The fraction of sp³-hybridized carbons (Fsp3) is 0.529. The highest BCUT2D eigenvalue weighted by Gasteiger charge is 1.95. The van der Waals surface area contributed by atoms with Gasteiger partial charge in [0.05, 0.1) is 0 Å². The fourth-order valence-corrected chi connectivity index (χ4v) is 1.81. The Labute approximate surface area is 113 Å². The third-order valence-corrected chi connectivity index (χ3v) is 2.77. The second-order valence-electron chi connectivity index (χ2n) is 4.74. The van der Waals surface area contributed by atoms with Crippen molar-refractivity contribution in [2.75, 3.05) is 6.54 Å². The molecule has 18 heavy (non-hydrogen) atoms. The zero-order chi connectivity index (χ0) is 13.6. The van der Waals surface area contributed by atoms with Gasteiger partial charge < -0.3 is 5.32 Å². The number of hydrogen-bond donors (Lipinski definition) is 1. The van der Waals surface area contributed by atoms with E-state index in [9.17, 15) is 0 Å². The highest BCUT2D eigenvalue weighted by molar-refractivity contribution is 5.14. The first-order valence-electron chi connectivity index (χ1n) is 7.12. The van der Waals surface area contributed by atoms with Crippen LogP contribution in [0.5, 0.6) is 0 Å². The number of hydrogen-bond acceptors (Lipinski definition) is 1.